The predicted molar refractivity (Wildman–Crippen MR) is 66.4 cm³/mol. The molecule has 2 atom stereocenters. The van der Waals surface area contributed by atoms with Gasteiger partial charge in [-0.05, 0) is 19.1 Å². The lowest BCUT2D eigenvalue weighted by Gasteiger charge is -2.32. The minimum atomic E-state index is 0.454. The zero-order valence-corrected chi connectivity index (χ0v) is 9.42. The van der Waals surface area contributed by atoms with E-state index in [2.05, 4.69) is 54.7 Å². The number of anilines is 1. The summed E-state index contributed by atoms with van der Waals surface area (Å²) >= 11 is 1.95. The van der Waals surface area contributed by atoms with E-state index in [-0.39, 0.29) is 0 Å². The van der Waals surface area contributed by atoms with Gasteiger partial charge in [-0.25, -0.2) is 0 Å². The molecule has 1 N–H and O–H groups in total. The van der Waals surface area contributed by atoms with E-state index >= 15 is 0 Å². The summed E-state index contributed by atoms with van der Waals surface area (Å²) in [6.45, 7) is 2.15. The molecule has 0 bridgehead atoms. The summed E-state index contributed by atoms with van der Waals surface area (Å²) in [7, 11) is 0. The fourth-order valence-electron chi connectivity index (χ4n) is 2.05. The van der Waals surface area contributed by atoms with Crippen molar-refractivity contribution in [1.29, 1.82) is 0 Å². The molecule has 2 unspecified atom stereocenters. The monoisotopic (exact) mass is 215 g/mol. The molecule has 76 valence electrons. The quantitative estimate of drug-likeness (QED) is 0.711. The SMILES string of the molecule is CC1=CC2Nc3ccccc3SC2C=C1. The molecular weight excluding hydrogens is 202 g/mol. The lowest BCUT2D eigenvalue weighted by molar-refractivity contribution is 0.869. The fraction of sp³-hybridized carbons (Fsp3) is 0.231. The average Bonchev–Trinajstić information content (AvgIpc) is 2.26. The number of hydrogen-bond acceptors (Lipinski definition) is 2. The molecular formula is C13H13NS. The molecule has 0 radical (unpaired) electrons. The van der Waals surface area contributed by atoms with Crippen molar-refractivity contribution in [2.45, 2.75) is 23.1 Å². The number of thioether (sulfide) groups is 1. The van der Waals surface area contributed by atoms with Crippen molar-refractivity contribution in [3.8, 4) is 0 Å². The minimum Gasteiger partial charge on any atom is -0.376 e. The van der Waals surface area contributed by atoms with Crippen LogP contribution < -0.4 is 5.32 Å². The van der Waals surface area contributed by atoms with E-state index in [0.717, 1.165) is 0 Å². The van der Waals surface area contributed by atoms with Crippen molar-refractivity contribution in [3.05, 3.63) is 48.1 Å². The maximum Gasteiger partial charge on any atom is 0.0607 e. The van der Waals surface area contributed by atoms with Crippen molar-refractivity contribution in [3.63, 3.8) is 0 Å². The van der Waals surface area contributed by atoms with Gasteiger partial charge >= 0.3 is 0 Å². The molecule has 1 aliphatic carbocycles. The van der Waals surface area contributed by atoms with Crippen molar-refractivity contribution in [2.24, 2.45) is 0 Å². The second-order valence-electron chi connectivity index (χ2n) is 4.02. The van der Waals surface area contributed by atoms with Gasteiger partial charge in [-0.15, -0.1) is 11.8 Å². The lowest BCUT2D eigenvalue weighted by Crippen LogP contribution is -2.33. The van der Waals surface area contributed by atoms with Gasteiger partial charge in [0, 0.05) is 10.6 Å². The average molecular weight is 215 g/mol. The molecule has 2 aliphatic rings. The van der Waals surface area contributed by atoms with E-state index in [1.165, 1.54) is 16.2 Å². The highest BCUT2D eigenvalue weighted by atomic mass is 32.2. The number of allylic oxidation sites excluding steroid dienone is 2. The van der Waals surface area contributed by atoms with Gasteiger partial charge in [0.1, 0.15) is 0 Å². The van der Waals surface area contributed by atoms with Crippen LogP contribution in [0.15, 0.2) is 53.0 Å². The Bertz CT molecular complexity index is 448. The highest BCUT2D eigenvalue weighted by Gasteiger charge is 2.26. The van der Waals surface area contributed by atoms with Crippen LogP contribution in [-0.4, -0.2) is 11.3 Å². The summed E-state index contributed by atoms with van der Waals surface area (Å²) in [4.78, 5) is 1.36. The third kappa shape index (κ3) is 1.59. The molecule has 15 heavy (non-hydrogen) atoms. The van der Waals surface area contributed by atoms with E-state index in [1.54, 1.807) is 0 Å². The van der Waals surface area contributed by atoms with Crippen LogP contribution in [0.5, 0.6) is 0 Å². The van der Waals surface area contributed by atoms with Crippen LogP contribution in [-0.2, 0) is 0 Å². The van der Waals surface area contributed by atoms with Crippen molar-refractivity contribution >= 4 is 17.4 Å². The van der Waals surface area contributed by atoms with E-state index < -0.39 is 0 Å². The summed E-state index contributed by atoms with van der Waals surface area (Å²) in [5, 5.41) is 4.13. The maximum atomic E-state index is 3.58. The number of rotatable bonds is 0. The van der Waals surface area contributed by atoms with Gasteiger partial charge in [-0.1, -0.05) is 35.9 Å². The van der Waals surface area contributed by atoms with Crippen LogP contribution in [0.3, 0.4) is 0 Å². The maximum absolute atomic E-state index is 3.58. The standard InChI is InChI=1S/C13H13NS/c1-9-6-7-13-11(8-9)14-10-4-2-3-5-12(10)15-13/h2-8,11,13-14H,1H3. The number of nitrogens with one attached hydrogen (secondary N) is 1. The van der Waals surface area contributed by atoms with Crippen molar-refractivity contribution in [1.82, 2.24) is 0 Å². The molecule has 0 fully saturated rings. The van der Waals surface area contributed by atoms with Crippen LogP contribution >= 0.6 is 11.8 Å². The Balaban J connectivity index is 1.98. The summed E-state index contributed by atoms with van der Waals surface area (Å²) < 4.78 is 0. The highest BCUT2D eigenvalue weighted by Crippen LogP contribution is 2.39. The van der Waals surface area contributed by atoms with E-state index in [9.17, 15) is 0 Å². The smallest absolute Gasteiger partial charge is 0.0607 e. The normalized spacial score (nSPS) is 27.4. The minimum absolute atomic E-state index is 0.454. The molecule has 1 aromatic rings. The third-order valence-electron chi connectivity index (χ3n) is 2.82. The van der Waals surface area contributed by atoms with Gasteiger partial charge in [-0.2, -0.15) is 0 Å². The first-order chi connectivity index (χ1) is 7.33. The van der Waals surface area contributed by atoms with Gasteiger partial charge in [0.15, 0.2) is 0 Å². The summed E-state index contributed by atoms with van der Waals surface area (Å²) in [5.41, 5.74) is 2.62. The van der Waals surface area contributed by atoms with Gasteiger partial charge < -0.3 is 5.32 Å². The second-order valence-corrected chi connectivity index (χ2v) is 5.24. The zero-order valence-electron chi connectivity index (χ0n) is 8.60. The van der Waals surface area contributed by atoms with Crippen molar-refractivity contribution < 1.29 is 0 Å². The number of hydrogen-bond donors (Lipinski definition) is 1. The molecule has 0 spiro atoms. The predicted octanol–water partition coefficient (Wildman–Crippen LogP) is 3.46. The Kier molecular flexibility index (Phi) is 2.10. The van der Waals surface area contributed by atoms with Crippen LogP contribution in [0.2, 0.25) is 0 Å². The molecule has 0 saturated carbocycles. The van der Waals surface area contributed by atoms with Crippen LogP contribution in [0.25, 0.3) is 0 Å². The van der Waals surface area contributed by atoms with Gasteiger partial charge in [-0.3, -0.25) is 0 Å². The first-order valence-corrected chi connectivity index (χ1v) is 6.10. The Morgan fingerprint density at radius 2 is 2.13 bits per heavy atom. The molecule has 1 aromatic carbocycles. The third-order valence-corrected chi connectivity index (χ3v) is 4.15. The Morgan fingerprint density at radius 1 is 1.27 bits per heavy atom. The summed E-state index contributed by atoms with van der Waals surface area (Å²) in [6.07, 6.45) is 6.82. The highest BCUT2D eigenvalue weighted by molar-refractivity contribution is 8.00. The fourth-order valence-corrected chi connectivity index (χ4v) is 3.21. The second kappa shape index (κ2) is 3.46. The zero-order chi connectivity index (χ0) is 10.3. The number of para-hydroxylation sites is 1. The molecule has 0 saturated heterocycles. The molecule has 2 heteroatoms. The van der Waals surface area contributed by atoms with Crippen LogP contribution in [0.1, 0.15) is 6.92 Å². The summed E-state index contributed by atoms with van der Waals surface area (Å²) in [6, 6.07) is 8.97. The molecule has 0 amide bonds. The first-order valence-electron chi connectivity index (χ1n) is 5.22. The van der Waals surface area contributed by atoms with E-state index in [4.69, 9.17) is 0 Å². The Labute approximate surface area is 94.3 Å². The largest absolute Gasteiger partial charge is 0.376 e. The molecule has 1 aliphatic heterocycles. The van der Waals surface area contributed by atoms with Crippen LogP contribution in [0.4, 0.5) is 5.69 Å². The number of fused-ring (bicyclic) bond motifs is 2. The molecule has 1 nitrogen and oxygen atoms in total. The van der Waals surface area contributed by atoms with E-state index in [0.29, 0.717) is 11.3 Å². The van der Waals surface area contributed by atoms with Crippen molar-refractivity contribution in [2.75, 3.05) is 5.32 Å². The Hall–Kier alpha value is -1.15. The molecule has 1 heterocycles. The van der Waals surface area contributed by atoms with Crippen LogP contribution in [0, 0.1) is 0 Å². The summed E-state index contributed by atoms with van der Waals surface area (Å²) in [5.74, 6) is 0. The Morgan fingerprint density at radius 3 is 3.07 bits per heavy atom. The van der Waals surface area contributed by atoms with Gasteiger partial charge in [0.05, 0.1) is 11.3 Å². The molecule has 0 aromatic heterocycles. The number of benzene rings is 1. The topological polar surface area (TPSA) is 12.0 Å². The molecule has 3 rings (SSSR count). The van der Waals surface area contributed by atoms with E-state index in [1.807, 2.05) is 11.8 Å². The van der Waals surface area contributed by atoms with Gasteiger partial charge in [0.25, 0.3) is 0 Å². The lowest BCUT2D eigenvalue weighted by atomic mass is 10.0. The van der Waals surface area contributed by atoms with Gasteiger partial charge in [0.2, 0.25) is 0 Å². The first kappa shape index (κ1) is 9.10.